The second-order valence-corrected chi connectivity index (χ2v) is 3.88. The molecule has 0 unspecified atom stereocenters. The molecular weight excluding hydrogens is 250 g/mol. The van der Waals surface area contributed by atoms with Crippen molar-refractivity contribution in [2.24, 2.45) is 5.11 Å². The molecule has 19 heavy (non-hydrogen) atoms. The molecule has 100 valence electrons. The molecule has 0 aliphatic rings. The van der Waals surface area contributed by atoms with Crippen molar-refractivity contribution in [3.63, 3.8) is 0 Å². The minimum absolute atomic E-state index is 0.112. The van der Waals surface area contributed by atoms with Crippen molar-refractivity contribution in [3.8, 4) is 0 Å². The van der Waals surface area contributed by atoms with Crippen LogP contribution in [0.4, 0.5) is 5.69 Å². The van der Waals surface area contributed by atoms with Gasteiger partial charge in [-0.1, -0.05) is 5.11 Å². The molecule has 1 aromatic carbocycles. The topological polar surface area (TPSA) is 121 Å². The number of aryl methyl sites for hydroxylation is 1. The Labute approximate surface area is 109 Å². The van der Waals surface area contributed by atoms with Gasteiger partial charge in [-0.05, 0) is 30.5 Å². The van der Waals surface area contributed by atoms with E-state index < -0.39 is 4.92 Å². The van der Waals surface area contributed by atoms with Gasteiger partial charge in [0, 0.05) is 35.7 Å². The van der Waals surface area contributed by atoms with Crippen molar-refractivity contribution in [2.75, 3.05) is 13.1 Å². The number of benzene rings is 1. The Morgan fingerprint density at radius 2 is 2.26 bits per heavy atom. The molecule has 1 N–H and O–H groups in total. The number of nitrogens with one attached hydrogen (secondary N) is 1. The Hall–Kier alpha value is -2.60. The van der Waals surface area contributed by atoms with Crippen LogP contribution in [0, 0.1) is 17.0 Å². The van der Waals surface area contributed by atoms with Crippen LogP contribution in [0.15, 0.2) is 23.3 Å². The predicted molar refractivity (Wildman–Crippen MR) is 68.8 cm³/mol. The summed E-state index contributed by atoms with van der Waals surface area (Å²) in [6.45, 7) is 2.33. The highest BCUT2D eigenvalue weighted by molar-refractivity contribution is 5.95. The van der Waals surface area contributed by atoms with Crippen LogP contribution in [-0.4, -0.2) is 23.9 Å². The fourth-order valence-electron chi connectivity index (χ4n) is 1.50. The van der Waals surface area contributed by atoms with Gasteiger partial charge >= 0.3 is 0 Å². The monoisotopic (exact) mass is 263 g/mol. The molecule has 1 aromatic rings. The quantitative estimate of drug-likeness (QED) is 0.211. The summed E-state index contributed by atoms with van der Waals surface area (Å²) in [5.74, 6) is -0.382. The molecule has 0 saturated carbocycles. The highest BCUT2D eigenvalue weighted by Crippen LogP contribution is 2.16. The summed E-state index contributed by atoms with van der Waals surface area (Å²) in [5.41, 5.74) is 8.85. The predicted octanol–water partition coefficient (Wildman–Crippen LogP) is 2.33. The summed E-state index contributed by atoms with van der Waals surface area (Å²) in [4.78, 5) is 24.5. The molecule has 0 atom stereocenters. The zero-order valence-electron chi connectivity index (χ0n) is 10.4. The zero-order valence-corrected chi connectivity index (χ0v) is 10.4. The molecule has 0 heterocycles. The van der Waals surface area contributed by atoms with E-state index in [1.807, 2.05) is 0 Å². The van der Waals surface area contributed by atoms with Crippen molar-refractivity contribution in [3.05, 3.63) is 49.9 Å². The molecule has 0 aliphatic carbocycles. The number of carbonyl (C=O) groups is 1. The van der Waals surface area contributed by atoms with Gasteiger partial charge in [-0.2, -0.15) is 0 Å². The second kappa shape index (κ2) is 6.97. The number of rotatable bonds is 6. The van der Waals surface area contributed by atoms with E-state index in [2.05, 4.69) is 15.3 Å². The summed E-state index contributed by atoms with van der Waals surface area (Å²) in [5, 5.41) is 16.6. The number of nitro groups is 1. The van der Waals surface area contributed by atoms with Gasteiger partial charge in [-0.15, -0.1) is 0 Å². The molecule has 8 heteroatoms. The standard InChI is InChI=1S/C11H13N5O3/c1-8-5-9(7-10(6-8)16(18)19)11(17)13-3-2-4-14-15-12/h5-7H,2-4H2,1H3,(H,13,17). The van der Waals surface area contributed by atoms with Crippen LogP contribution >= 0.6 is 0 Å². The van der Waals surface area contributed by atoms with E-state index >= 15 is 0 Å². The van der Waals surface area contributed by atoms with E-state index in [1.54, 1.807) is 13.0 Å². The van der Waals surface area contributed by atoms with E-state index in [4.69, 9.17) is 5.53 Å². The summed E-state index contributed by atoms with van der Waals surface area (Å²) in [6, 6.07) is 4.21. The number of hydrogen-bond acceptors (Lipinski definition) is 4. The van der Waals surface area contributed by atoms with Gasteiger partial charge in [0.05, 0.1) is 4.92 Å². The molecule has 0 aromatic heterocycles. The van der Waals surface area contributed by atoms with E-state index in [-0.39, 0.29) is 17.2 Å². The van der Waals surface area contributed by atoms with Crippen molar-refractivity contribution >= 4 is 11.6 Å². The smallest absolute Gasteiger partial charge is 0.270 e. The van der Waals surface area contributed by atoms with E-state index in [0.29, 0.717) is 25.1 Å². The van der Waals surface area contributed by atoms with Crippen LogP contribution < -0.4 is 5.32 Å². The van der Waals surface area contributed by atoms with Crippen LogP contribution in [0.1, 0.15) is 22.3 Å². The lowest BCUT2D eigenvalue weighted by atomic mass is 10.1. The number of carbonyl (C=O) groups excluding carboxylic acids is 1. The Kier molecular flexibility index (Phi) is 5.31. The molecular formula is C11H13N5O3. The van der Waals surface area contributed by atoms with E-state index in [0.717, 1.165) is 0 Å². The Bertz CT molecular complexity index is 537. The summed E-state index contributed by atoms with van der Waals surface area (Å²) < 4.78 is 0. The third-order valence-corrected chi connectivity index (χ3v) is 2.32. The summed E-state index contributed by atoms with van der Waals surface area (Å²) in [6.07, 6.45) is 0.518. The zero-order chi connectivity index (χ0) is 14.3. The number of non-ortho nitro benzene ring substituents is 1. The molecule has 0 spiro atoms. The maximum atomic E-state index is 11.8. The highest BCUT2D eigenvalue weighted by atomic mass is 16.6. The SMILES string of the molecule is Cc1cc(C(=O)NCCCN=[N+]=[N-])cc([N+](=O)[O-])c1. The highest BCUT2D eigenvalue weighted by Gasteiger charge is 2.12. The van der Waals surface area contributed by atoms with E-state index in [9.17, 15) is 14.9 Å². The maximum Gasteiger partial charge on any atom is 0.270 e. The second-order valence-electron chi connectivity index (χ2n) is 3.88. The molecule has 1 rings (SSSR count). The Morgan fingerprint density at radius 1 is 1.53 bits per heavy atom. The molecule has 0 fully saturated rings. The minimum Gasteiger partial charge on any atom is -0.352 e. The fraction of sp³-hybridized carbons (Fsp3) is 0.364. The average molecular weight is 263 g/mol. The molecule has 1 amide bonds. The number of amides is 1. The lowest BCUT2D eigenvalue weighted by molar-refractivity contribution is -0.384. The van der Waals surface area contributed by atoms with Gasteiger partial charge in [0.2, 0.25) is 0 Å². The fourth-order valence-corrected chi connectivity index (χ4v) is 1.50. The lowest BCUT2D eigenvalue weighted by Gasteiger charge is -2.05. The first-order chi connectivity index (χ1) is 9.04. The van der Waals surface area contributed by atoms with Gasteiger partial charge in [0.1, 0.15) is 0 Å². The van der Waals surface area contributed by atoms with E-state index in [1.165, 1.54) is 12.1 Å². The van der Waals surface area contributed by atoms with Crippen molar-refractivity contribution in [2.45, 2.75) is 13.3 Å². The van der Waals surface area contributed by atoms with Gasteiger partial charge in [-0.25, -0.2) is 0 Å². The van der Waals surface area contributed by atoms with Crippen molar-refractivity contribution in [1.82, 2.24) is 5.32 Å². The lowest BCUT2D eigenvalue weighted by Crippen LogP contribution is -2.25. The number of nitro benzene ring substituents is 1. The molecule has 0 aliphatic heterocycles. The largest absolute Gasteiger partial charge is 0.352 e. The van der Waals surface area contributed by atoms with Crippen LogP contribution in [-0.2, 0) is 0 Å². The first-order valence-electron chi connectivity index (χ1n) is 5.59. The molecule has 0 bridgehead atoms. The third kappa shape index (κ3) is 4.64. The summed E-state index contributed by atoms with van der Waals surface area (Å²) in [7, 11) is 0. The van der Waals surface area contributed by atoms with Crippen LogP contribution in [0.5, 0.6) is 0 Å². The average Bonchev–Trinajstić information content (AvgIpc) is 2.37. The number of nitrogens with zero attached hydrogens (tertiary/aromatic N) is 4. The molecule has 0 radical (unpaired) electrons. The van der Waals surface area contributed by atoms with Gasteiger partial charge in [0.25, 0.3) is 11.6 Å². The van der Waals surface area contributed by atoms with Crippen molar-refractivity contribution in [1.29, 1.82) is 0 Å². The van der Waals surface area contributed by atoms with Crippen LogP contribution in [0.3, 0.4) is 0 Å². The van der Waals surface area contributed by atoms with Gasteiger partial charge in [0.15, 0.2) is 0 Å². The summed E-state index contributed by atoms with van der Waals surface area (Å²) >= 11 is 0. The normalized spacial score (nSPS) is 9.53. The number of azide groups is 1. The van der Waals surface area contributed by atoms with Gasteiger partial charge < -0.3 is 5.32 Å². The number of hydrogen-bond donors (Lipinski definition) is 1. The Balaban J connectivity index is 2.66. The van der Waals surface area contributed by atoms with Crippen LogP contribution in [0.25, 0.3) is 10.4 Å². The Morgan fingerprint density at radius 3 is 2.89 bits per heavy atom. The molecule has 0 saturated heterocycles. The first kappa shape index (κ1) is 14.5. The maximum absolute atomic E-state index is 11.8. The minimum atomic E-state index is -0.536. The third-order valence-electron chi connectivity index (χ3n) is 2.32. The molecule has 8 nitrogen and oxygen atoms in total. The van der Waals surface area contributed by atoms with Crippen LogP contribution in [0.2, 0.25) is 0 Å². The van der Waals surface area contributed by atoms with Crippen molar-refractivity contribution < 1.29 is 9.72 Å². The first-order valence-corrected chi connectivity index (χ1v) is 5.59. The van der Waals surface area contributed by atoms with Gasteiger partial charge in [-0.3, -0.25) is 14.9 Å².